The molecule has 0 aliphatic carbocycles. The van der Waals surface area contributed by atoms with Gasteiger partial charge in [0.2, 0.25) is 5.91 Å². The maximum atomic E-state index is 12.2. The minimum Gasteiger partial charge on any atom is -0.462 e. The molecule has 11 heteroatoms. The number of amides is 1. The predicted molar refractivity (Wildman–Crippen MR) is 170 cm³/mol. The standard InChI is InChI=1S/C30H39IN8O2/c1-4-27(40)36-12-14-37(15-13-36)29-23-9-11-38(28-22(20(2)3)7-8-25-24(28)16-32-35-25)17-26(23)33-30(34-29)41-18-21-6-5-10-39(21)19-31/h4,7-8,16,20-21H,1,5-6,9-15,17-19H2,2-3H3,(H,32,35). The monoisotopic (exact) mass is 670 g/mol. The third-order valence-corrected chi connectivity index (χ3v) is 9.59. The zero-order valence-corrected chi connectivity index (χ0v) is 26.1. The molecule has 3 aromatic rings. The first-order valence-corrected chi connectivity index (χ1v) is 16.2. The van der Waals surface area contributed by atoms with Gasteiger partial charge in [0.05, 0.1) is 34.2 Å². The molecule has 2 fully saturated rings. The highest BCUT2D eigenvalue weighted by atomic mass is 127. The lowest BCUT2D eigenvalue weighted by Gasteiger charge is -2.38. The van der Waals surface area contributed by atoms with E-state index in [9.17, 15) is 4.79 Å². The first-order chi connectivity index (χ1) is 20.0. The Balaban J connectivity index is 1.32. The third kappa shape index (κ3) is 5.62. The van der Waals surface area contributed by atoms with Gasteiger partial charge in [0.1, 0.15) is 12.4 Å². The number of carbonyl (C=O) groups excluding carboxylic acids is 1. The van der Waals surface area contributed by atoms with Crippen molar-refractivity contribution < 1.29 is 9.53 Å². The normalized spacial score (nSPS) is 19.7. The lowest BCUT2D eigenvalue weighted by atomic mass is 9.96. The fraction of sp³-hybridized carbons (Fsp3) is 0.533. The van der Waals surface area contributed by atoms with E-state index in [0.29, 0.717) is 44.2 Å². The summed E-state index contributed by atoms with van der Waals surface area (Å²) in [4.78, 5) is 31.3. The third-order valence-electron chi connectivity index (χ3n) is 8.71. The molecule has 1 N–H and O–H groups in total. The predicted octanol–water partition coefficient (Wildman–Crippen LogP) is 4.11. The summed E-state index contributed by atoms with van der Waals surface area (Å²) in [7, 11) is 0. The van der Waals surface area contributed by atoms with E-state index in [1.54, 1.807) is 0 Å². The van der Waals surface area contributed by atoms with Crippen LogP contribution in [0.4, 0.5) is 11.5 Å². The second-order valence-corrected chi connectivity index (χ2v) is 12.2. The van der Waals surface area contributed by atoms with E-state index in [1.807, 2.05) is 11.1 Å². The molecule has 3 aliphatic heterocycles. The number of anilines is 2. The maximum Gasteiger partial charge on any atom is 0.318 e. The molecule has 1 aromatic carbocycles. The van der Waals surface area contributed by atoms with Crippen molar-refractivity contribution >= 4 is 50.9 Å². The number of hydrogen-bond acceptors (Lipinski definition) is 8. The SMILES string of the molecule is C=CC(=O)N1CCN(c2nc(OCC3CCCN3CI)nc3c2CCN(c2c(C(C)C)ccc4[nH]ncc24)C3)CC1. The van der Waals surface area contributed by atoms with Gasteiger partial charge in [-0.25, -0.2) is 0 Å². The van der Waals surface area contributed by atoms with Crippen LogP contribution in [0.3, 0.4) is 0 Å². The van der Waals surface area contributed by atoms with Crippen LogP contribution >= 0.6 is 22.6 Å². The van der Waals surface area contributed by atoms with Crippen molar-refractivity contribution in [1.82, 2.24) is 30.0 Å². The van der Waals surface area contributed by atoms with Gasteiger partial charge in [-0.1, -0.05) is 49.1 Å². The summed E-state index contributed by atoms with van der Waals surface area (Å²) in [6, 6.07) is 5.20. The van der Waals surface area contributed by atoms with Crippen LogP contribution in [0.5, 0.6) is 6.01 Å². The van der Waals surface area contributed by atoms with Gasteiger partial charge in [-0.15, -0.1) is 0 Å². The number of piperazine rings is 1. The zero-order chi connectivity index (χ0) is 28.5. The number of fused-ring (bicyclic) bond motifs is 2. The minimum atomic E-state index is -0.0141. The number of nitrogens with one attached hydrogen (secondary N) is 1. The Kier molecular flexibility index (Phi) is 8.34. The van der Waals surface area contributed by atoms with Gasteiger partial charge >= 0.3 is 6.01 Å². The number of hydrogen-bond donors (Lipinski definition) is 1. The number of aromatic amines is 1. The number of nitrogens with zero attached hydrogens (tertiary/aromatic N) is 7. The van der Waals surface area contributed by atoms with Crippen LogP contribution < -0.4 is 14.5 Å². The second kappa shape index (κ2) is 12.1. The summed E-state index contributed by atoms with van der Waals surface area (Å²) >= 11 is 2.44. The molecular formula is C30H39IN8O2. The van der Waals surface area contributed by atoms with Crippen LogP contribution in [0.15, 0.2) is 31.0 Å². The molecule has 2 aromatic heterocycles. The number of benzene rings is 1. The molecule has 3 aliphatic rings. The van der Waals surface area contributed by atoms with Crippen LogP contribution in [0, 0.1) is 0 Å². The van der Waals surface area contributed by atoms with Crippen molar-refractivity contribution in [3.05, 3.63) is 47.8 Å². The number of likely N-dealkylation sites (tertiary alicyclic amines) is 1. The van der Waals surface area contributed by atoms with E-state index in [2.05, 4.69) is 80.0 Å². The number of rotatable bonds is 8. The Morgan fingerprint density at radius 3 is 2.76 bits per heavy atom. The second-order valence-electron chi connectivity index (χ2n) is 11.5. The molecule has 1 unspecified atom stereocenters. The summed E-state index contributed by atoms with van der Waals surface area (Å²) in [5.41, 5.74) is 5.81. The Morgan fingerprint density at radius 1 is 1.17 bits per heavy atom. The smallest absolute Gasteiger partial charge is 0.318 e. The van der Waals surface area contributed by atoms with Gasteiger partial charge < -0.3 is 19.4 Å². The molecule has 0 radical (unpaired) electrons. The summed E-state index contributed by atoms with van der Waals surface area (Å²) in [6.45, 7) is 14.2. The highest BCUT2D eigenvalue weighted by molar-refractivity contribution is 14.1. The van der Waals surface area contributed by atoms with E-state index in [1.165, 1.54) is 29.3 Å². The molecule has 5 heterocycles. The van der Waals surface area contributed by atoms with Gasteiger partial charge in [0.25, 0.3) is 0 Å². The number of halogens is 1. The molecule has 6 rings (SSSR count). The molecule has 1 amide bonds. The fourth-order valence-electron chi connectivity index (χ4n) is 6.42. The van der Waals surface area contributed by atoms with E-state index < -0.39 is 0 Å². The molecule has 0 saturated carbocycles. The van der Waals surface area contributed by atoms with Crippen molar-refractivity contribution in [1.29, 1.82) is 0 Å². The van der Waals surface area contributed by atoms with E-state index >= 15 is 0 Å². The average Bonchev–Trinajstić information content (AvgIpc) is 3.67. The quantitative estimate of drug-likeness (QED) is 0.166. The van der Waals surface area contributed by atoms with Crippen LogP contribution in [0.25, 0.3) is 10.9 Å². The van der Waals surface area contributed by atoms with Crippen molar-refractivity contribution in [3.8, 4) is 6.01 Å². The number of carbonyl (C=O) groups is 1. The molecular weight excluding hydrogens is 631 g/mol. The van der Waals surface area contributed by atoms with Crippen molar-refractivity contribution in [3.63, 3.8) is 0 Å². The first kappa shape index (κ1) is 28.2. The molecule has 0 spiro atoms. The maximum absolute atomic E-state index is 12.2. The number of aromatic nitrogens is 4. The molecule has 41 heavy (non-hydrogen) atoms. The molecule has 1 atom stereocenters. The largest absolute Gasteiger partial charge is 0.462 e. The van der Waals surface area contributed by atoms with Gasteiger partial charge in [-0.2, -0.15) is 15.1 Å². The molecule has 218 valence electrons. The average molecular weight is 671 g/mol. The minimum absolute atomic E-state index is 0.0141. The van der Waals surface area contributed by atoms with E-state index in [-0.39, 0.29) is 5.91 Å². The lowest BCUT2D eigenvalue weighted by Crippen LogP contribution is -2.49. The number of ether oxygens (including phenoxy) is 1. The first-order valence-electron chi connectivity index (χ1n) is 14.7. The van der Waals surface area contributed by atoms with Crippen molar-refractivity contribution in [2.45, 2.75) is 51.6 Å². The highest BCUT2D eigenvalue weighted by Crippen LogP contribution is 2.38. The van der Waals surface area contributed by atoms with Crippen LogP contribution in [0.1, 0.15) is 49.4 Å². The van der Waals surface area contributed by atoms with Gasteiger partial charge in [0.15, 0.2) is 0 Å². The fourth-order valence-corrected chi connectivity index (χ4v) is 7.32. The Morgan fingerprint density at radius 2 is 2.00 bits per heavy atom. The Labute approximate surface area is 255 Å². The summed E-state index contributed by atoms with van der Waals surface area (Å²) in [5, 5.41) is 8.64. The van der Waals surface area contributed by atoms with Gasteiger partial charge in [-0.3, -0.25) is 14.8 Å². The summed E-state index contributed by atoms with van der Waals surface area (Å²) < 4.78 is 7.35. The number of alkyl halides is 1. The van der Waals surface area contributed by atoms with Crippen molar-refractivity contribution in [2.24, 2.45) is 0 Å². The van der Waals surface area contributed by atoms with Gasteiger partial charge in [0, 0.05) is 49.7 Å². The zero-order valence-electron chi connectivity index (χ0n) is 24.0. The molecule has 0 bridgehead atoms. The van der Waals surface area contributed by atoms with Crippen molar-refractivity contribution in [2.75, 3.05) is 60.2 Å². The Bertz CT molecular complexity index is 1420. The summed E-state index contributed by atoms with van der Waals surface area (Å²) in [5.74, 6) is 1.32. The topological polar surface area (TPSA) is 93.7 Å². The summed E-state index contributed by atoms with van der Waals surface area (Å²) in [6.07, 6.45) is 6.52. The van der Waals surface area contributed by atoms with E-state index in [4.69, 9.17) is 14.7 Å². The van der Waals surface area contributed by atoms with Crippen LogP contribution in [-0.2, 0) is 17.8 Å². The lowest BCUT2D eigenvalue weighted by molar-refractivity contribution is -0.126. The molecule has 2 saturated heterocycles. The highest BCUT2D eigenvalue weighted by Gasteiger charge is 2.31. The van der Waals surface area contributed by atoms with Gasteiger partial charge in [-0.05, 0) is 49.4 Å². The number of H-pyrrole nitrogens is 1. The Hall–Kier alpha value is -2.93. The van der Waals surface area contributed by atoms with E-state index in [0.717, 1.165) is 66.0 Å². The van der Waals surface area contributed by atoms with Crippen LogP contribution in [0.2, 0.25) is 0 Å². The van der Waals surface area contributed by atoms with Crippen LogP contribution in [-0.4, -0.2) is 92.3 Å². The molecule has 10 nitrogen and oxygen atoms in total.